The molecule has 1 aliphatic heterocycles. The first-order valence-electron chi connectivity index (χ1n) is 9.98. The molecule has 142 valence electrons. The zero-order valence-electron chi connectivity index (χ0n) is 15.6. The number of nitrogens with zero attached hydrogens (tertiary/aromatic N) is 1. The van der Waals surface area contributed by atoms with Crippen LogP contribution in [-0.2, 0) is 26.2 Å². The van der Waals surface area contributed by atoms with Crippen LogP contribution in [0, 0.1) is 0 Å². The Morgan fingerprint density at radius 3 is 2.81 bits per heavy atom. The Hall–Kier alpha value is -2.43. The highest BCUT2D eigenvalue weighted by Gasteiger charge is 2.55. The molecule has 0 radical (unpaired) electrons. The maximum Gasteiger partial charge on any atom is 0.240 e. The molecule has 1 heterocycles. The molecule has 1 aromatic carbocycles. The van der Waals surface area contributed by atoms with Crippen molar-refractivity contribution in [2.75, 3.05) is 13.1 Å². The van der Waals surface area contributed by atoms with E-state index in [1.54, 1.807) is 0 Å². The number of hydrogen-bond acceptors (Lipinski definition) is 3. The first-order chi connectivity index (χ1) is 13.1. The van der Waals surface area contributed by atoms with Gasteiger partial charge in [0.25, 0.3) is 0 Å². The van der Waals surface area contributed by atoms with Crippen molar-refractivity contribution < 1.29 is 14.4 Å². The van der Waals surface area contributed by atoms with Gasteiger partial charge in [-0.15, -0.1) is 0 Å². The van der Waals surface area contributed by atoms with E-state index in [-0.39, 0.29) is 30.7 Å². The summed E-state index contributed by atoms with van der Waals surface area (Å²) >= 11 is 0. The fourth-order valence-electron chi connectivity index (χ4n) is 4.75. The van der Waals surface area contributed by atoms with E-state index < -0.39 is 5.41 Å². The minimum atomic E-state index is -0.749. The molecular weight excluding hydrogens is 340 g/mol. The second-order valence-electron chi connectivity index (χ2n) is 7.91. The van der Waals surface area contributed by atoms with Crippen molar-refractivity contribution in [1.29, 1.82) is 0 Å². The first-order valence-corrected chi connectivity index (χ1v) is 9.98. The largest absolute Gasteiger partial charge is 0.354 e. The van der Waals surface area contributed by atoms with Crippen molar-refractivity contribution in [2.45, 2.75) is 56.8 Å². The number of hydrogen-bond donors (Lipinski definition) is 1. The number of benzene rings is 1. The molecule has 1 N–H and O–H groups in total. The normalized spacial score (nSPS) is 24.3. The summed E-state index contributed by atoms with van der Waals surface area (Å²) in [5.74, 6) is -0.694. The Bertz CT molecular complexity index is 814. The third-order valence-electron chi connectivity index (χ3n) is 6.22. The van der Waals surface area contributed by atoms with Gasteiger partial charge < -0.3 is 5.32 Å². The van der Waals surface area contributed by atoms with Gasteiger partial charge >= 0.3 is 0 Å². The number of carbonyl (C=O) groups excluding carboxylic acids is 3. The van der Waals surface area contributed by atoms with Gasteiger partial charge in [0.15, 0.2) is 0 Å². The van der Waals surface area contributed by atoms with Crippen LogP contribution in [0.2, 0.25) is 0 Å². The quantitative estimate of drug-likeness (QED) is 0.643. The summed E-state index contributed by atoms with van der Waals surface area (Å²) in [6.07, 6.45) is 9.48. The predicted octanol–water partition coefficient (Wildman–Crippen LogP) is 2.64. The van der Waals surface area contributed by atoms with Crippen LogP contribution in [0.5, 0.6) is 0 Å². The van der Waals surface area contributed by atoms with Crippen LogP contribution in [0.4, 0.5) is 0 Å². The number of amides is 3. The van der Waals surface area contributed by atoms with Crippen LogP contribution in [-0.4, -0.2) is 35.7 Å². The average molecular weight is 366 g/mol. The standard InChI is InChI=1S/C22H26N2O3/c25-19(23-13-11-16-6-2-1-3-7-16)15-24-20(26)14-22(21(24)27)12-10-17-8-4-5-9-18(17)22/h4-6,8-9H,1-3,7,10-15H2,(H,23,25)/t22-/m0/s1. The number of carbonyl (C=O) groups is 3. The number of fused-ring (bicyclic) bond motifs is 2. The van der Waals surface area contributed by atoms with Gasteiger partial charge in [-0.3, -0.25) is 19.3 Å². The Balaban J connectivity index is 1.37. The summed E-state index contributed by atoms with van der Waals surface area (Å²) in [6, 6.07) is 7.86. The van der Waals surface area contributed by atoms with Gasteiger partial charge in [0.1, 0.15) is 6.54 Å². The topological polar surface area (TPSA) is 66.5 Å². The molecule has 0 saturated carbocycles. The molecule has 3 amide bonds. The lowest BCUT2D eigenvalue weighted by Gasteiger charge is -2.22. The number of allylic oxidation sites excluding steroid dienone is 1. The number of nitrogens with one attached hydrogen (secondary N) is 1. The SMILES string of the molecule is O=C(CN1C(=O)C[C@]2(CCc3ccccc32)C1=O)NCCC1=CCCCC1. The molecule has 5 heteroatoms. The summed E-state index contributed by atoms with van der Waals surface area (Å²) < 4.78 is 0. The average Bonchev–Trinajstić information content (AvgIpc) is 3.16. The summed E-state index contributed by atoms with van der Waals surface area (Å²) in [4.78, 5) is 39.1. The molecule has 5 nitrogen and oxygen atoms in total. The maximum atomic E-state index is 13.1. The molecular formula is C22H26N2O3. The van der Waals surface area contributed by atoms with Crippen LogP contribution in [0.25, 0.3) is 0 Å². The summed E-state index contributed by atoms with van der Waals surface area (Å²) in [5, 5.41) is 2.87. The molecule has 1 saturated heterocycles. The maximum absolute atomic E-state index is 13.1. The van der Waals surface area contributed by atoms with Crippen molar-refractivity contribution in [2.24, 2.45) is 0 Å². The Kier molecular flexibility index (Phi) is 4.85. The first kappa shape index (κ1) is 18.0. The smallest absolute Gasteiger partial charge is 0.240 e. The van der Waals surface area contributed by atoms with Crippen molar-refractivity contribution >= 4 is 17.7 Å². The minimum absolute atomic E-state index is 0.166. The van der Waals surface area contributed by atoms with Crippen LogP contribution < -0.4 is 5.32 Å². The number of rotatable bonds is 5. The Morgan fingerprint density at radius 1 is 1.15 bits per heavy atom. The van der Waals surface area contributed by atoms with Gasteiger partial charge in [0, 0.05) is 13.0 Å². The zero-order chi connectivity index (χ0) is 18.9. The van der Waals surface area contributed by atoms with E-state index in [2.05, 4.69) is 11.4 Å². The molecule has 1 aromatic rings. The summed E-state index contributed by atoms with van der Waals surface area (Å²) in [5.41, 5.74) is 2.76. The highest BCUT2D eigenvalue weighted by Crippen LogP contribution is 2.46. The fourth-order valence-corrected chi connectivity index (χ4v) is 4.75. The Morgan fingerprint density at radius 2 is 2.00 bits per heavy atom. The monoisotopic (exact) mass is 366 g/mol. The van der Waals surface area contributed by atoms with E-state index in [1.807, 2.05) is 24.3 Å². The van der Waals surface area contributed by atoms with E-state index >= 15 is 0 Å². The highest BCUT2D eigenvalue weighted by molar-refractivity contribution is 6.11. The molecule has 3 aliphatic rings. The van der Waals surface area contributed by atoms with Crippen molar-refractivity contribution in [3.8, 4) is 0 Å². The van der Waals surface area contributed by atoms with Gasteiger partial charge in [-0.1, -0.05) is 35.9 Å². The fraction of sp³-hybridized carbons (Fsp3) is 0.500. The van der Waals surface area contributed by atoms with E-state index in [0.717, 1.165) is 41.7 Å². The molecule has 0 bridgehead atoms. The van der Waals surface area contributed by atoms with Crippen molar-refractivity contribution in [3.05, 3.63) is 47.0 Å². The lowest BCUT2D eigenvalue weighted by atomic mass is 9.80. The van der Waals surface area contributed by atoms with Gasteiger partial charge in [-0.25, -0.2) is 0 Å². The lowest BCUT2D eigenvalue weighted by molar-refractivity contribution is -0.143. The molecule has 1 atom stereocenters. The van der Waals surface area contributed by atoms with E-state index in [1.165, 1.54) is 18.4 Å². The lowest BCUT2D eigenvalue weighted by Crippen LogP contribution is -2.43. The van der Waals surface area contributed by atoms with Crippen LogP contribution in [0.1, 0.15) is 56.1 Å². The predicted molar refractivity (Wildman–Crippen MR) is 102 cm³/mol. The number of aryl methyl sites for hydroxylation is 1. The zero-order valence-corrected chi connectivity index (χ0v) is 15.6. The third-order valence-corrected chi connectivity index (χ3v) is 6.22. The van der Waals surface area contributed by atoms with E-state index in [4.69, 9.17) is 0 Å². The van der Waals surface area contributed by atoms with Crippen LogP contribution in [0.3, 0.4) is 0 Å². The third kappa shape index (κ3) is 3.31. The van der Waals surface area contributed by atoms with Gasteiger partial charge in [-0.2, -0.15) is 0 Å². The molecule has 1 spiro atoms. The molecule has 0 aromatic heterocycles. The molecule has 1 fully saturated rings. The number of likely N-dealkylation sites (tertiary alicyclic amines) is 1. The second-order valence-corrected chi connectivity index (χ2v) is 7.91. The number of imide groups is 1. The highest BCUT2D eigenvalue weighted by atomic mass is 16.2. The van der Waals surface area contributed by atoms with Crippen LogP contribution in [0.15, 0.2) is 35.9 Å². The van der Waals surface area contributed by atoms with Gasteiger partial charge in [0.05, 0.1) is 5.41 Å². The molecule has 4 rings (SSSR count). The second kappa shape index (κ2) is 7.29. The molecule has 2 aliphatic carbocycles. The van der Waals surface area contributed by atoms with Crippen molar-refractivity contribution in [3.63, 3.8) is 0 Å². The van der Waals surface area contributed by atoms with E-state index in [0.29, 0.717) is 13.0 Å². The molecule has 27 heavy (non-hydrogen) atoms. The van der Waals surface area contributed by atoms with Crippen molar-refractivity contribution in [1.82, 2.24) is 10.2 Å². The summed E-state index contributed by atoms with van der Waals surface area (Å²) in [6.45, 7) is 0.398. The molecule has 0 unspecified atom stereocenters. The van der Waals surface area contributed by atoms with E-state index in [9.17, 15) is 14.4 Å². The minimum Gasteiger partial charge on any atom is -0.354 e. The summed E-state index contributed by atoms with van der Waals surface area (Å²) in [7, 11) is 0. The van der Waals surface area contributed by atoms with Crippen LogP contribution >= 0.6 is 0 Å². The Labute approximate surface area is 159 Å². The van der Waals surface area contributed by atoms with Gasteiger partial charge in [0.2, 0.25) is 17.7 Å². The van der Waals surface area contributed by atoms with Gasteiger partial charge in [-0.05, 0) is 56.1 Å².